The number of nitro groups is 1. The van der Waals surface area contributed by atoms with Crippen LogP contribution in [0.4, 0.5) is 5.82 Å². The van der Waals surface area contributed by atoms with E-state index in [0.717, 1.165) is 10.9 Å². The Morgan fingerprint density at radius 1 is 1.71 bits per heavy atom. The molecule has 1 heterocycles. The summed E-state index contributed by atoms with van der Waals surface area (Å²) in [6, 6.07) is 0. The fraction of sp³-hybridized carbons (Fsp3) is 0.571. The van der Waals surface area contributed by atoms with Crippen LogP contribution in [-0.4, -0.2) is 36.3 Å². The highest BCUT2D eigenvalue weighted by atomic mass is 35.7. The summed E-state index contributed by atoms with van der Waals surface area (Å²) in [5, 5.41) is 14.2. The molecule has 1 rings (SSSR count). The van der Waals surface area contributed by atoms with Gasteiger partial charge in [-0.15, -0.1) is 0 Å². The van der Waals surface area contributed by atoms with E-state index in [4.69, 9.17) is 15.4 Å². The number of hydrogen-bond acceptors (Lipinski definition) is 6. The van der Waals surface area contributed by atoms with Crippen molar-refractivity contribution < 1.29 is 18.1 Å². The summed E-state index contributed by atoms with van der Waals surface area (Å²) < 4.78 is 28.3. The van der Waals surface area contributed by atoms with Gasteiger partial charge in [0.1, 0.15) is 0 Å². The van der Waals surface area contributed by atoms with E-state index in [1.54, 1.807) is 6.92 Å². The second-order valence-corrected chi connectivity index (χ2v) is 5.81. The molecule has 1 unspecified atom stereocenters. The van der Waals surface area contributed by atoms with Gasteiger partial charge < -0.3 is 14.9 Å². The molecule has 0 radical (unpaired) electrons. The Balaban J connectivity index is 3.18. The lowest BCUT2D eigenvalue weighted by atomic mass is 10.4. The first-order valence-electron chi connectivity index (χ1n) is 4.45. The third-order valence-electron chi connectivity index (χ3n) is 1.99. The van der Waals surface area contributed by atoms with Crippen LogP contribution >= 0.6 is 10.7 Å². The van der Waals surface area contributed by atoms with Crippen LogP contribution in [0.5, 0.6) is 0 Å². The summed E-state index contributed by atoms with van der Waals surface area (Å²) in [6.07, 6.45) is 0.746. The lowest BCUT2D eigenvalue weighted by molar-refractivity contribution is -0.392. The SMILES string of the molecule is COC(C)Cn1cc(S(=O)(=O)Cl)c([N+](=O)[O-])n1. The first-order chi connectivity index (χ1) is 7.75. The minimum Gasteiger partial charge on any atom is -0.380 e. The van der Waals surface area contributed by atoms with Crippen molar-refractivity contribution in [3.05, 3.63) is 16.3 Å². The van der Waals surface area contributed by atoms with Crippen LogP contribution < -0.4 is 0 Å². The summed E-state index contributed by atoms with van der Waals surface area (Å²) in [7, 11) is 2.34. The normalized spacial score (nSPS) is 13.6. The van der Waals surface area contributed by atoms with Crippen LogP contribution in [0.1, 0.15) is 6.92 Å². The molecular formula is C7H10ClN3O5S. The van der Waals surface area contributed by atoms with Crippen molar-refractivity contribution in [3.63, 3.8) is 0 Å². The van der Waals surface area contributed by atoms with Gasteiger partial charge in [-0.05, 0) is 11.8 Å². The molecule has 96 valence electrons. The Morgan fingerprint density at radius 2 is 2.29 bits per heavy atom. The number of hydrogen-bond donors (Lipinski definition) is 0. The molecule has 0 spiro atoms. The van der Waals surface area contributed by atoms with E-state index in [-0.39, 0.29) is 12.6 Å². The summed E-state index contributed by atoms with van der Waals surface area (Å²) in [5.74, 6) is -0.789. The number of aromatic nitrogens is 2. The van der Waals surface area contributed by atoms with Crippen LogP contribution in [0.15, 0.2) is 11.1 Å². The predicted molar refractivity (Wildman–Crippen MR) is 58.4 cm³/mol. The zero-order valence-corrected chi connectivity index (χ0v) is 10.6. The first-order valence-corrected chi connectivity index (χ1v) is 6.76. The topological polar surface area (TPSA) is 104 Å². The molecule has 0 saturated heterocycles. The van der Waals surface area contributed by atoms with E-state index in [2.05, 4.69) is 5.10 Å². The molecule has 1 aromatic rings. The fourth-order valence-corrected chi connectivity index (χ4v) is 2.03. The second-order valence-electron chi connectivity index (χ2n) is 3.28. The van der Waals surface area contributed by atoms with Gasteiger partial charge in [0.25, 0.3) is 9.05 Å². The van der Waals surface area contributed by atoms with Crippen LogP contribution in [-0.2, 0) is 20.3 Å². The lowest BCUT2D eigenvalue weighted by Crippen LogP contribution is -2.15. The molecule has 0 N–H and O–H groups in total. The van der Waals surface area contributed by atoms with Crippen molar-refractivity contribution in [3.8, 4) is 0 Å². The van der Waals surface area contributed by atoms with Crippen LogP contribution in [0.25, 0.3) is 0 Å². The molecule has 10 heteroatoms. The van der Waals surface area contributed by atoms with Crippen LogP contribution in [0.3, 0.4) is 0 Å². The molecular weight excluding hydrogens is 274 g/mol. The zero-order valence-electron chi connectivity index (χ0n) is 9.03. The highest BCUT2D eigenvalue weighted by Crippen LogP contribution is 2.25. The molecule has 0 aliphatic rings. The maximum Gasteiger partial charge on any atom is 0.410 e. The lowest BCUT2D eigenvalue weighted by Gasteiger charge is -2.05. The van der Waals surface area contributed by atoms with Gasteiger partial charge in [-0.25, -0.2) is 8.42 Å². The average molecular weight is 284 g/mol. The molecule has 0 saturated carbocycles. The molecule has 0 aliphatic carbocycles. The van der Waals surface area contributed by atoms with Gasteiger partial charge in [-0.1, -0.05) is 0 Å². The predicted octanol–water partition coefficient (Wildman–Crippen LogP) is 0.754. The van der Waals surface area contributed by atoms with Crippen molar-refractivity contribution in [1.29, 1.82) is 0 Å². The largest absolute Gasteiger partial charge is 0.410 e. The van der Waals surface area contributed by atoms with E-state index in [1.807, 2.05) is 0 Å². The van der Waals surface area contributed by atoms with Crippen LogP contribution in [0, 0.1) is 10.1 Å². The minimum absolute atomic E-state index is 0.184. The zero-order chi connectivity index (χ0) is 13.2. The van der Waals surface area contributed by atoms with Crippen molar-refractivity contribution in [2.45, 2.75) is 24.5 Å². The van der Waals surface area contributed by atoms with Gasteiger partial charge >= 0.3 is 5.82 Å². The Hall–Kier alpha value is -1.19. The van der Waals surface area contributed by atoms with E-state index in [0.29, 0.717) is 0 Å². The molecule has 1 atom stereocenters. The second kappa shape index (κ2) is 4.98. The third-order valence-corrected chi connectivity index (χ3v) is 3.30. The maximum absolute atomic E-state index is 11.1. The molecule has 17 heavy (non-hydrogen) atoms. The number of halogens is 1. The highest BCUT2D eigenvalue weighted by molar-refractivity contribution is 8.13. The monoisotopic (exact) mass is 283 g/mol. The average Bonchev–Trinajstić information content (AvgIpc) is 2.61. The first kappa shape index (κ1) is 13.9. The van der Waals surface area contributed by atoms with Gasteiger partial charge in [-0.2, -0.15) is 4.68 Å². The molecule has 0 fully saturated rings. The number of rotatable bonds is 5. The van der Waals surface area contributed by atoms with E-state index in [1.165, 1.54) is 7.11 Å². The Morgan fingerprint density at radius 3 is 2.65 bits per heavy atom. The molecule has 0 bridgehead atoms. The van der Waals surface area contributed by atoms with Gasteiger partial charge in [-0.3, -0.25) is 0 Å². The number of nitrogens with zero attached hydrogens (tertiary/aromatic N) is 3. The summed E-state index contributed by atoms with van der Waals surface area (Å²) >= 11 is 0. The summed E-state index contributed by atoms with van der Waals surface area (Å²) in [6.45, 7) is 1.89. The molecule has 0 aromatic carbocycles. The Labute approximate surface area is 102 Å². The van der Waals surface area contributed by atoms with Crippen molar-refractivity contribution in [2.75, 3.05) is 7.11 Å². The van der Waals surface area contributed by atoms with Crippen molar-refractivity contribution >= 4 is 25.6 Å². The number of methoxy groups -OCH3 is 1. The number of ether oxygens (including phenoxy) is 1. The highest BCUT2D eigenvalue weighted by Gasteiger charge is 2.30. The smallest absolute Gasteiger partial charge is 0.380 e. The molecule has 8 nitrogen and oxygen atoms in total. The van der Waals surface area contributed by atoms with Crippen molar-refractivity contribution in [2.24, 2.45) is 0 Å². The van der Waals surface area contributed by atoms with Gasteiger partial charge in [0.2, 0.25) is 4.90 Å². The minimum atomic E-state index is -4.19. The molecule has 0 amide bonds. The Kier molecular flexibility index (Phi) is 4.07. The molecule has 0 aliphatic heterocycles. The van der Waals surface area contributed by atoms with Crippen LogP contribution in [0.2, 0.25) is 0 Å². The van der Waals surface area contributed by atoms with Crippen molar-refractivity contribution in [1.82, 2.24) is 9.78 Å². The van der Waals surface area contributed by atoms with Gasteiger partial charge in [0.05, 0.1) is 23.9 Å². The maximum atomic E-state index is 11.1. The third kappa shape index (κ3) is 3.38. The van der Waals surface area contributed by atoms with Gasteiger partial charge in [0.15, 0.2) is 0 Å². The summed E-state index contributed by atoms with van der Waals surface area (Å²) in [5.41, 5.74) is 0. The van der Waals surface area contributed by atoms with E-state index < -0.39 is 24.7 Å². The standard InChI is InChI=1S/C7H10ClN3O5S/c1-5(16-2)3-10-4-6(17(8,14)15)7(9-10)11(12)13/h4-5H,3H2,1-2H3. The Bertz CT molecular complexity index is 526. The molecule has 1 aromatic heterocycles. The fourth-order valence-electron chi connectivity index (χ4n) is 1.12. The van der Waals surface area contributed by atoms with E-state index >= 15 is 0 Å². The van der Waals surface area contributed by atoms with E-state index in [9.17, 15) is 18.5 Å². The quantitative estimate of drug-likeness (QED) is 0.449. The van der Waals surface area contributed by atoms with Gasteiger partial charge in [0, 0.05) is 17.8 Å². The summed E-state index contributed by atoms with van der Waals surface area (Å²) in [4.78, 5) is 9.09.